The van der Waals surface area contributed by atoms with Crippen LogP contribution in [0.2, 0.25) is 0 Å². The first-order valence-electron chi connectivity index (χ1n) is 6.31. The third-order valence-electron chi connectivity index (χ3n) is 3.17. The summed E-state index contributed by atoms with van der Waals surface area (Å²) in [5, 5.41) is 23.6. The Balaban J connectivity index is 2.37. The maximum atomic E-state index is 10.9. The Morgan fingerprint density at radius 3 is 2.62 bits per heavy atom. The molecule has 0 radical (unpaired) electrons. The van der Waals surface area contributed by atoms with E-state index in [4.69, 9.17) is 5.73 Å². The van der Waals surface area contributed by atoms with Gasteiger partial charge in [-0.1, -0.05) is 30.3 Å². The molecule has 7 nitrogen and oxygen atoms in total. The molecule has 4 N–H and O–H groups in total. The van der Waals surface area contributed by atoms with E-state index in [9.17, 15) is 15.2 Å². The van der Waals surface area contributed by atoms with Gasteiger partial charge >= 0.3 is 0 Å². The van der Waals surface area contributed by atoms with Gasteiger partial charge in [-0.15, -0.1) is 0 Å². The minimum atomic E-state index is -0.823. The lowest BCUT2D eigenvalue weighted by molar-refractivity contribution is -0.384. The lowest BCUT2D eigenvalue weighted by Crippen LogP contribution is -2.36. The van der Waals surface area contributed by atoms with Crippen molar-refractivity contribution in [1.82, 2.24) is 4.98 Å². The summed E-state index contributed by atoms with van der Waals surface area (Å²) in [6.07, 6.45) is 0. The monoisotopic (exact) mass is 288 g/mol. The number of nitrogens with zero attached hydrogens (tertiary/aromatic N) is 2. The molecule has 1 heterocycles. The molecule has 1 unspecified atom stereocenters. The zero-order valence-corrected chi connectivity index (χ0v) is 11.5. The number of pyridine rings is 1. The average Bonchev–Trinajstić information content (AvgIpc) is 2.47. The summed E-state index contributed by atoms with van der Waals surface area (Å²) >= 11 is 0. The second-order valence-electron chi connectivity index (χ2n) is 4.87. The van der Waals surface area contributed by atoms with E-state index in [0.717, 1.165) is 5.56 Å². The predicted molar refractivity (Wildman–Crippen MR) is 79.8 cm³/mol. The fraction of sp³-hybridized carbons (Fsp3) is 0.214. The molecule has 0 bridgehead atoms. The Kier molecular flexibility index (Phi) is 4.04. The second-order valence-corrected chi connectivity index (χ2v) is 4.87. The molecule has 0 aliphatic heterocycles. The number of nitrogens with two attached hydrogens (primary N) is 1. The summed E-state index contributed by atoms with van der Waals surface area (Å²) in [5.41, 5.74) is 5.43. The standard InChI is InChI=1S/C14H16N4O3/c1-14(9-19,10-5-3-2-4-6-10)17-13-8-11(18(20)21)7-12(15)16-13/h2-8,19H,9H2,1H3,(H3,15,16,17). The van der Waals surface area contributed by atoms with Gasteiger partial charge in [0.2, 0.25) is 0 Å². The number of anilines is 2. The van der Waals surface area contributed by atoms with E-state index in [0.29, 0.717) is 0 Å². The molecule has 1 atom stereocenters. The van der Waals surface area contributed by atoms with Gasteiger partial charge in [-0.2, -0.15) is 0 Å². The van der Waals surface area contributed by atoms with Crippen LogP contribution in [0.3, 0.4) is 0 Å². The zero-order chi connectivity index (χ0) is 15.5. The number of rotatable bonds is 5. The van der Waals surface area contributed by atoms with Crippen molar-refractivity contribution in [3.8, 4) is 0 Å². The zero-order valence-electron chi connectivity index (χ0n) is 11.5. The van der Waals surface area contributed by atoms with E-state index in [1.54, 1.807) is 6.92 Å². The van der Waals surface area contributed by atoms with Gasteiger partial charge in [0.1, 0.15) is 11.6 Å². The lowest BCUT2D eigenvalue weighted by Gasteiger charge is -2.30. The molecule has 1 aromatic heterocycles. The average molecular weight is 288 g/mol. The number of nitrogens with one attached hydrogen (secondary N) is 1. The lowest BCUT2D eigenvalue weighted by atomic mass is 9.93. The smallest absolute Gasteiger partial charge is 0.276 e. The molecule has 0 aliphatic rings. The Morgan fingerprint density at radius 1 is 1.38 bits per heavy atom. The minimum absolute atomic E-state index is 0.0417. The van der Waals surface area contributed by atoms with E-state index in [1.807, 2.05) is 30.3 Å². The van der Waals surface area contributed by atoms with Crippen LogP contribution in [0.5, 0.6) is 0 Å². The molecule has 0 amide bonds. The van der Waals surface area contributed by atoms with Crippen molar-refractivity contribution in [2.45, 2.75) is 12.5 Å². The molecule has 7 heteroatoms. The molecule has 2 rings (SSSR count). The Hall–Kier alpha value is -2.67. The largest absolute Gasteiger partial charge is 0.394 e. The fourth-order valence-corrected chi connectivity index (χ4v) is 2.00. The normalized spacial score (nSPS) is 13.4. The van der Waals surface area contributed by atoms with Gasteiger partial charge in [0.05, 0.1) is 29.2 Å². The van der Waals surface area contributed by atoms with E-state index in [1.165, 1.54) is 12.1 Å². The van der Waals surface area contributed by atoms with Crippen molar-refractivity contribution in [2.75, 3.05) is 17.7 Å². The van der Waals surface area contributed by atoms with E-state index in [2.05, 4.69) is 10.3 Å². The van der Waals surface area contributed by atoms with Crippen molar-refractivity contribution >= 4 is 17.3 Å². The number of nitrogen functional groups attached to an aromatic ring is 1. The van der Waals surface area contributed by atoms with Crippen LogP contribution in [-0.4, -0.2) is 21.6 Å². The van der Waals surface area contributed by atoms with Crippen LogP contribution in [-0.2, 0) is 5.54 Å². The van der Waals surface area contributed by atoms with Crippen LogP contribution in [0.4, 0.5) is 17.3 Å². The third-order valence-corrected chi connectivity index (χ3v) is 3.17. The van der Waals surface area contributed by atoms with Crippen molar-refractivity contribution < 1.29 is 10.0 Å². The Bertz CT molecular complexity index is 648. The van der Waals surface area contributed by atoms with Gasteiger partial charge in [-0.25, -0.2) is 4.98 Å². The molecule has 0 fully saturated rings. The maximum Gasteiger partial charge on any atom is 0.276 e. The van der Waals surface area contributed by atoms with Gasteiger partial charge in [-0.3, -0.25) is 10.1 Å². The minimum Gasteiger partial charge on any atom is -0.394 e. The van der Waals surface area contributed by atoms with E-state index in [-0.39, 0.29) is 23.9 Å². The molecule has 0 saturated carbocycles. The fourth-order valence-electron chi connectivity index (χ4n) is 2.00. The van der Waals surface area contributed by atoms with Gasteiger partial charge in [0, 0.05) is 0 Å². The van der Waals surface area contributed by atoms with Crippen LogP contribution in [0.1, 0.15) is 12.5 Å². The molecule has 110 valence electrons. The van der Waals surface area contributed by atoms with Gasteiger partial charge in [0.15, 0.2) is 0 Å². The number of hydrogen-bond donors (Lipinski definition) is 3. The van der Waals surface area contributed by atoms with Gasteiger partial charge in [0.25, 0.3) is 5.69 Å². The summed E-state index contributed by atoms with van der Waals surface area (Å²) in [7, 11) is 0. The van der Waals surface area contributed by atoms with Crippen molar-refractivity contribution in [2.24, 2.45) is 0 Å². The highest BCUT2D eigenvalue weighted by atomic mass is 16.6. The number of aliphatic hydroxyl groups is 1. The number of aromatic nitrogens is 1. The van der Waals surface area contributed by atoms with E-state index < -0.39 is 10.5 Å². The van der Waals surface area contributed by atoms with Crippen LogP contribution in [0, 0.1) is 10.1 Å². The molecule has 0 aliphatic carbocycles. The topological polar surface area (TPSA) is 114 Å². The maximum absolute atomic E-state index is 10.9. The summed E-state index contributed by atoms with van der Waals surface area (Å²) in [6, 6.07) is 11.7. The first-order valence-corrected chi connectivity index (χ1v) is 6.31. The highest BCUT2D eigenvalue weighted by Gasteiger charge is 2.26. The molecule has 0 spiro atoms. The first-order chi connectivity index (χ1) is 9.94. The van der Waals surface area contributed by atoms with Crippen LogP contribution < -0.4 is 11.1 Å². The number of nitro groups is 1. The summed E-state index contributed by atoms with van der Waals surface area (Å²) in [6.45, 7) is 1.57. The molecule has 2 aromatic rings. The van der Waals surface area contributed by atoms with Gasteiger partial charge in [-0.05, 0) is 12.5 Å². The Morgan fingerprint density at radius 2 is 2.05 bits per heavy atom. The summed E-state index contributed by atoms with van der Waals surface area (Å²) in [5.74, 6) is 0.280. The van der Waals surface area contributed by atoms with Crippen LogP contribution >= 0.6 is 0 Å². The predicted octanol–water partition coefficient (Wildman–Crippen LogP) is 1.89. The highest BCUT2D eigenvalue weighted by molar-refractivity contribution is 5.54. The number of hydrogen-bond acceptors (Lipinski definition) is 6. The SMILES string of the molecule is CC(CO)(Nc1cc([N+](=O)[O-])cc(N)n1)c1ccccc1. The molecular weight excluding hydrogens is 272 g/mol. The van der Waals surface area contributed by atoms with Crippen molar-refractivity contribution in [3.63, 3.8) is 0 Å². The Labute approximate surface area is 121 Å². The first kappa shape index (κ1) is 14.7. The number of benzene rings is 1. The quantitative estimate of drug-likeness (QED) is 0.571. The highest BCUT2D eigenvalue weighted by Crippen LogP contribution is 2.27. The summed E-state index contributed by atoms with van der Waals surface area (Å²) < 4.78 is 0. The van der Waals surface area contributed by atoms with E-state index >= 15 is 0 Å². The molecular formula is C14H16N4O3. The molecule has 0 saturated heterocycles. The summed E-state index contributed by atoms with van der Waals surface area (Å²) in [4.78, 5) is 14.3. The van der Waals surface area contributed by atoms with Gasteiger partial charge < -0.3 is 16.2 Å². The van der Waals surface area contributed by atoms with Crippen LogP contribution in [0.15, 0.2) is 42.5 Å². The van der Waals surface area contributed by atoms with Crippen molar-refractivity contribution in [3.05, 3.63) is 58.1 Å². The van der Waals surface area contributed by atoms with Crippen LogP contribution in [0.25, 0.3) is 0 Å². The van der Waals surface area contributed by atoms with Crippen molar-refractivity contribution in [1.29, 1.82) is 0 Å². The second kappa shape index (κ2) is 5.76. The molecule has 1 aromatic carbocycles. The molecule has 21 heavy (non-hydrogen) atoms. The number of aliphatic hydroxyl groups excluding tert-OH is 1. The third kappa shape index (κ3) is 3.26.